The lowest BCUT2D eigenvalue weighted by Gasteiger charge is -2.11. The summed E-state index contributed by atoms with van der Waals surface area (Å²) in [6.07, 6.45) is 1.99. The molecule has 21 heavy (non-hydrogen) atoms. The van der Waals surface area contributed by atoms with Gasteiger partial charge in [-0.25, -0.2) is 14.6 Å². The number of fused-ring (bicyclic) bond motifs is 1. The van der Waals surface area contributed by atoms with Crippen LogP contribution in [0.3, 0.4) is 0 Å². The lowest BCUT2D eigenvalue weighted by Crippen LogP contribution is -2.12. The number of hydrogen-bond donors (Lipinski definition) is 1. The van der Waals surface area contributed by atoms with Crippen molar-refractivity contribution in [1.82, 2.24) is 9.36 Å². The maximum Gasteiger partial charge on any atom is 0.356 e. The topological polar surface area (TPSA) is 89.4 Å². The molecule has 0 spiro atoms. The van der Waals surface area contributed by atoms with Crippen molar-refractivity contribution in [2.75, 3.05) is 6.61 Å². The van der Waals surface area contributed by atoms with Crippen molar-refractivity contribution >= 4 is 33.7 Å². The average molecular weight is 306 g/mol. The van der Waals surface area contributed by atoms with Gasteiger partial charge in [0.15, 0.2) is 5.69 Å². The number of esters is 1. The SMILES string of the molecule is CCOC(=O)c1c(C2CC2)nc2snc(C(=O)O)c2c1C. The number of carbonyl (C=O) groups is 2. The fraction of sp³-hybridized carbons (Fsp3) is 0.429. The van der Waals surface area contributed by atoms with Crippen LogP contribution in [0.5, 0.6) is 0 Å². The van der Waals surface area contributed by atoms with Crippen LogP contribution < -0.4 is 0 Å². The highest BCUT2D eigenvalue weighted by atomic mass is 32.1. The number of rotatable bonds is 4. The van der Waals surface area contributed by atoms with E-state index in [1.54, 1.807) is 13.8 Å². The molecule has 2 heterocycles. The molecule has 0 saturated heterocycles. The standard InChI is InChI=1S/C14H14N2O4S/c1-3-20-14(19)9-6(2)8-11(13(17)18)16-21-12(8)15-10(9)7-4-5-7/h7H,3-5H2,1-2H3,(H,17,18). The van der Waals surface area contributed by atoms with Crippen LogP contribution in [0.4, 0.5) is 0 Å². The van der Waals surface area contributed by atoms with Crippen molar-refractivity contribution in [3.05, 3.63) is 22.5 Å². The van der Waals surface area contributed by atoms with Crippen LogP contribution in [0, 0.1) is 6.92 Å². The summed E-state index contributed by atoms with van der Waals surface area (Å²) < 4.78 is 9.06. The molecule has 0 aliphatic heterocycles. The van der Waals surface area contributed by atoms with Crippen molar-refractivity contribution in [1.29, 1.82) is 0 Å². The van der Waals surface area contributed by atoms with Gasteiger partial charge in [0.2, 0.25) is 0 Å². The van der Waals surface area contributed by atoms with Crippen molar-refractivity contribution in [2.24, 2.45) is 0 Å². The van der Waals surface area contributed by atoms with Gasteiger partial charge in [-0.3, -0.25) is 0 Å². The molecule has 0 radical (unpaired) electrons. The predicted molar refractivity (Wildman–Crippen MR) is 77.0 cm³/mol. The molecule has 110 valence electrons. The van der Waals surface area contributed by atoms with Gasteiger partial charge < -0.3 is 9.84 Å². The van der Waals surface area contributed by atoms with Gasteiger partial charge in [-0.1, -0.05) is 0 Å². The van der Waals surface area contributed by atoms with Gasteiger partial charge in [-0.2, -0.15) is 4.37 Å². The van der Waals surface area contributed by atoms with E-state index in [0.717, 1.165) is 30.1 Å². The molecule has 0 aromatic carbocycles. The fourth-order valence-corrected chi connectivity index (χ4v) is 3.26. The summed E-state index contributed by atoms with van der Waals surface area (Å²) in [6.45, 7) is 3.75. The molecule has 2 aromatic heterocycles. The second-order valence-electron chi connectivity index (χ2n) is 5.01. The zero-order valence-electron chi connectivity index (χ0n) is 11.7. The number of aryl methyl sites for hydroxylation is 1. The van der Waals surface area contributed by atoms with Crippen molar-refractivity contribution in [2.45, 2.75) is 32.6 Å². The summed E-state index contributed by atoms with van der Waals surface area (Å²) in [5.74, 6) is -1.28. The van der Waals surface area contributed by atoms with Crippen LogP contribution in [0.2, 0.25) is 0 Å². The quantitative estimate of drug-likeness (QED) is 0.874. The molecular formula is C14H14N2O4S. The van der Waals surface area contributed by atoms with Gasteiger partial charge in [0.1, 0.15) is 4.83 Å². The lowest BCUT2D eigenvalue weighted by molar-refractivity contribution is 0.0523. The minimum Gasteiger partial charge on any atom is -0.476 e. The molecule has 6 nitrogen and oxygen atoms in total. The molecular weight excluding hydrogens is 292 g/mol. The maximum absolute atomic E-state index is 12.2. The third-order valence-corrected chi connectivity index (χ3v) is 4.29. The Bertz CT molecular complexity index is 749. The first-order valence-electron chi connectivity index (χ1n) is 6.74. The first-order chi connectivity index (χ1) is 10.0. The van der Waals surface area contributed by atoms with Crippen molar-refractivity contribution < 1.29 is 19.4 Å². The van der Waals surface area contributed by atoms with Crippen molar-refractivity contribution in [3.63, 3.8) is 0 Å². The Morgan fingerprint density at radius 3 is 2.71 bits per heavy atom. The van der Waals surface area contributed by atoms with Crippen LogP contribution >= 0.6 is 11.5 Å². The van der Waals surface area contributed by atoms with E-state index in [1.807, 2.05) is 0 Å². The Kier molecular flexibility index (Phi) is 3.36. The van der Waals surface area contributed by atoms with Crippen LogP contribution in [0.25, 0.3) is 10.2 Å². The molecule has 0 unspecified atom stereocenters. The van der Waals surface area contributed by atoms with E-state index in [2.05, 4.69) is 9.36 Å². The number of carbonyl (C=O) groups excluding carboxylic acids is 1. The van der Waals surface area contributed by atoms with Gasteiger partial charge in [0, 0.05) is 5.92 Å². The highest BCUT2D eigenvalue weighted by molar-refractivity contribution is 7.13. The summed E-state index contributed by atoms with van der Waals surface area (Å²) in [5, 5.41) is 9.66. The maximum atomic E-state index is 12.2. The molecule has 2 aromatic rings. The Morgan fingerprint density at radius 1 is 1.43 bits per heavy atom. The van der Waals surface area contributed by atoms with E-state index in [1.165, 1.54) is 0 Å². The second-order valence-corrected chi connectivity index (χ2v) is 5.76. The monoisotopic (exact) mass is 306 g/mol. The lowest BCUT2D eigenvalue weighted by atomic mass is 10.0. The minimum absolute atomic E-state index is 0.0482. The van der Waals surface area contributed by atoms with Gasteiger partial charge in [0.05, 0.1) is 23.3 Å². The first kappa shape index (κ1) is 13.9. The van der Waals surface area contributed by atoms with E-state index in [9.17, 15) is 14.7 Å². The Morgan fingerprint density at radius 2 is 2.14 bits per heavy atom. The highest BCUT2D eigenvalue weighted by Gasteiger charge is 2.33. The Hall–Kier alpha value is -2.02. The number of aromatic nitrogens is 2. The number of carboxylic acid groups (broad SMARTS) is 1. The zero-order chi connectivity index (χ0) is 15.1. The van der Waals surface area contributed by atoms with E-state index in [4.69, 9.17) is 4.74 Å². The number of carboxylic acids is 1. The number of hydrogen-bond acceptors (Lipinski definition) is 6. The van der Waals surface area contributed by atoms with Gasteiger partial charge in [-0.05, 0) is 43.8 Å². The van der Waals surface area contributed by atoms with Crippen LogP contribution in [0.1, 0.15) is 57.8 Å². The molecule has 1 N–H and O–H groups in total. The van der Waals surface area contributed by atoms with Gasteiger partial charge in [-0.15, -0.1) is 0 Å². The fourth-order valence-electron chi connectivity index (χ4n) is 2.44. The normalized spacial score (nSPS) is 14.4. The average Bonchev–Trinajstić information content (AvgIpc) is 3.17. The number of aromatic carboxylic acids is 1. The summed E-state index contributed by atoms with van der Waals surface area (Å²) in [4.78, 5) is 28.6. The number of ether oxygens (including phenoxy) is 1. The van der Waals surface area contributed by atoms with Crippen LogP contribution in [0.15, 0.2) is 0 Å². The largest absolute Gasteiger partial charge is 0.476 e. The Labute approximate surface area is 124 Å². The van der Waals surface area contributed by atoms with E-state index < -0.39 is 11.9 Å². The zero-order valence-corrected chi connectivity index (χ0v) is 12.5. The summed E-state index contributed by atoms with van der Waals surface area (Å²) in [7, 11) is 0. The molecule has 1 aliphatic carbocycles. The molecule has 0 atom stereocenters. The first-order valence-corrected chi connectivity index (χ1v) is 7.52. The summed E-state index contributed by atoms with van der Waals surface area (Å²) >= 11 is 1.06. The van der Waals surface area contributed by atoms with E-state index in [-0.39, 0.29) is 18.2 Å². The number of nitrogens with zero attached hydrogens (tertiary/aromatic N) is 2. The second kappa shape index (κ2) is 5.07. The number of pyridine rings is 1. The molecule has 0 amide bonds. The predicted octanol–water partition coefficient (Wildman–Crippen LogP) is 2.75. The van der Waals surface area contributed by atoms with Crippen LogP contribution in [-0.2, 0) is 4.74 Å². The summed E-state index contributed by atoms with van der Waals surface area (Å²) in [6, 6.07) is 0. The van der Waals surface area contributed by atoms with E-state index >= 15 is 0 Å². The van der Waals surface area contributed by atoms with Crippen LogP contribution in [-0.4, -0.2) is 33.0 Å². The third kappa shape index (κ3) is 2.27. The highest BCUT2D eigenvalue weighted by Crippen LogP contribution is 2.43. The Balaban J connectivity index is 2.28. The van der Waals surface area contributed by atoms with Gasteiger partial charge >= 0.3 is 11.9 Å². The molecule has 1 aliphatic rings. The van der Waals surface area contributed by atoms with Gasteiger partial charge in [0.25, 0.3) is 0 Å². The molecule has 3 rings (SSSR count). The third-order valence-electron chi connectivity index (χ3n) is 3.55. The molecule has 1 saturated carbocycles. The molecule has 0 bridgehead atoms. The van der Waals surface area contributed by atoms with E-state index in [0.29, 0.717) is 21.3 Å². The smallest absolute Gasteiger partial charge is 0.356 e. The molecule has 1 fully saturated rings. The van der Waals surface area contributed by atoms with Crippen molar-refractivity contribution in [3.8, 4) is 0 Å². The molecule has 7 heteroatoms. The summed E-state index contributed by atoms with van der Waals surface area (Å²) in [5.41, 5.74) is 1.69. The minimum atomic E-state index is -1.11.